The van der Waals surface area contributed by atoms with Crippen LogP contribution in [-0.2, 0) is 25.7 Å². The van der Waals surface area contributed by atoms with Gasteiger partial charge in [-0.3, -0.25) is 19.9 Å². The first-order chi connectivity index (χ1) is 12.0. The maximum Gasteiger partial charge on any atom is 0.333 e. The maximum absolute atomic E-state index is 11.8. The number of esters is 1. The fraction of sp³-hybridized carbons (Fsp3) is 0.267. The molecule has 0 amide bonds. The Labute approximate surface area is 142 Å². The van der Waals surface area contributed by atoms with E-state index in [2.05, 4.69) is 4.98 Å². The van der Waals surface area contributed by atoms with Gasteiger partial charge in [-0.05, 0) is 23.8 Å². The first kappa shape index (κ1) is 16.4. The fourth-order valence-electron chi connectivity index (χ4n) is 2.37. The van der Waals surface area contributed by atoms with Gasteiger partial charge in [0.25, 0.3) is 6.20 Å². The first-order valence-electron chi connectivity index (χ1n) is 7.41. The van der Waals surface area contributed by atoms with Crippen LogP contribution in [0.1, 0.15) is 18.4 Å². The summed E-state index contributed by atoms with van der Waals surface area (Å²) in [6, 6.07) is 3.51. The predicted octanol–water partition coefficient (Wildman–Crippen LogP) is 0.910. The molecule has 130 valence electrons. The molecule has 10 heteroatoms. The van der Waals surface area contributed by atoms with E-state index in [0.29, 0.717) is 6.20 Å². The monoisotopic (exact) mass is 346 g/mol. The second-order valence-corrected chi connectivity index (χ2v) is 5.27. The van der Waals surface area contributed by atoms with Gasteiger partial charge < -0.3 is 14.5 Å². The average molecular weight is 346 g/mol. The van der Waals surface area contributed by atoms with Crippen molar-refractivity contribution in [3.63, 3.8) is 0 Å². The largest absolute Gasteiger partial charge is 0.434 e. The molecule has 0 N–H and O–H groups in total. The number of ether oxygens (including phenoxy) is 1. The molecule has 1 aromatic heterocycles. The highest BCUT2D eigenvalue weighted by molar-refractivity contribution is 5.78. The Morgan fingerprint density at radius 1 is 1.28 bits per heavy atom. The van der Waals surface area contributed by atoms with E-state index in [1.54, 1.807) is 30.7 Å². The molecule has 0 aliphatic carbocycles. The van der Waals surface area contributed by atoms with Gasteiger partial charge in [0, 0.05) is 25.1 Å². The molecule has 0 saturated carbocycles. The number of nitrogens with zero attached hydrogens (tertiary/aromatic N) is 4. The van der Waals surface area contributed by atoms with Gasteiger partial charge in [0.1, 0.15) is 0 Å². The van der Waals surface area contributed by atoms with Crippen molar-refractivity contribution in [3.8, 4) is 0 Å². The normalized spacial score (nSPS) is 21.9. The summed E-state index contributed by atoms with van der Waals surface area (Å²) >= 11 is 0. The Morgan fingerprint density at radius 3 is 2.72 bits per heavy atom. The van der Waals surface area contributed by atoms with Crippen LogP contribution in [0.5, 0.6) is 0 Å². The molecule has 0 radical (unpaired) electrons. The van der Waals surface area contributed by atoms with Crippen molar-refractivity contribution in [2.45, 2.75) is 25.6 Å². The van der Waals surface area contributed by atoms with Gasteiger partial charge >= 0.3 is 11.9 Å². The minimum Gasteiger partial charge on any atom is -0.434 e. The first-order valence-corrected chi connectivity index (χ1v) is 7.41. The molecule has 0 spiro atoms. The number of carbonyl (C=O) groups is 2. The summed E-state index contributed by atoms with van der Waals surface area (Å²) in [6.07, 6.45) is 5.58. The van der Waals surface area contributed by atoms with E-state index < -0.39 is 23.1 Å². The van der Waals surface area contributed by atoms with Crippen molar-refractivity contribution >= 4 is 11.9 Å². The Bertz CT molecular complexity index is 748. The molecule has 10 nitrogen and oxygen atoms in total. The fourth-order valence-corrected chi connectivity index (χ4v) is 2.37. The Morgan fingerprint density at radius 2 is 2.00 bits per heavy atom. The van der Waals surface area contributed by atoms with Gasteiger partial charge in [-0.25, -0.2) is 4.79 Å². The summed E-state index contributed by atoms with van der Waals surface area (Å²) in [5.74, 6) is -1.29. The van der Waals surface area contributed by atoms with E-state index >= 15 is 0 Å². The summed E-state index contributed by atoms with van der Waals surface area (Å²) in [5.41, 5.74) is 0.836. The molecule has 25 heavy (non-hydrogen) atoms. The molecule has 1 aromatic rings. The van der Waals surface area contributed by atoms with Crippen LogP contribution in [0.3, 0.4) is 0 Å². The molecule has 0 aromatic carbocycles. The van der Waals surface area contributed by atoms with Crippen LogP contribution in [0.25, 0.3) is 0 Å². The van der Waals surface area contributed by atoms with Gasteiger partial charge in [0.2, 0.25) is 12.0 Å². The van der Waals surface area contributed by atoms with Gasteiger partial charge in [-0.1, -0.05) is 0 Å². The van der Waals surface area contributed by atoms with E-state index in [1.165, 1.54) is 11.0 Å². The zero-order valence-electron chi connectivity index (χ0n) is 13.0. The minimum atomic E-state index is -1.06. The van der Waals surface area contributed by atoms with Crippen LogP contribution >= 0.6 is 0 Å². The van der Waals surface area contributed by atoms with Gasteiger partial charge in [0.15, 0.2) is 0 Å². The maximum atomic E-state index is 11.8. The van der Waals surface area contributed by atoms with Crippen LogP contribution < -0.4 is 0 Å². The molecular weight excluding hydrogens is 332 g/mol. The molecule has 2 aliphatic heterocycles. The number of hydroxylamine groups is 2. The molecule has 3 rings (SSSR count). The lowest BCUT2D eigenvalue weighted by atomic mass is 10.2. The number of fused-ring (bicyclic) bond motifs is 1. The Balaban J connectivity index is 1.94. The quantitative estimate of drug-likeness (QED) is 0.447. The van der Waals surface area contributed by atoms with Crippen LogP contribution in [0.2, 0.25) is 0 Å². The third-order valence-corrected chi connectivity index (χ3v) is 3.49. The smallest absolute Gasteiger partial charge is 0.333 e. The highest BCUT2D eigenvalue weighted by Gasteiger charge is 2.36. The van der Waals surface area contributed by atoms with E-state index in [1.807, 2.05) is 0 Å². The molecule has 1 saturated heterocycles. The predicted molar refractivity (Wildman–Crippen MR) is 81.0 cm³/mol. The molecule has 2 aliphatic rings. The van der Waals surface area contributed by atoms with Crippen molar-refractivity contribution in [1.82, 2.24) is 14.9 Å². The lowest BCUT2D eigenvalue weighted by molar-refractivity contribution is -0.407. The van der Waals surface area contributed by atoms with Gasteiger partial charge in [-0.15, -0.1) is 5.06 Å². The SMILES string of the molecule is O=C1CCC(=O)ON2/C(=C\[N+](=O)[O-])N(Cc3ccncc3)C=CC2O1. The summed E-state index contributed by atoms with van der Waals surface area (Å²) < 4.78 is 5.18. The number of hydrogen-bond acceptors (Lipinski definition) is 9. The van der Waals surface area contributed by atoms with Crippen molar-refractivity contribution in [2.24, 2.45) is 0 Å². The van der Waals surface area contributed by atoms with Crippen molar-refractivity contribution in [3.05, 3.63) is 64.5 Å². The van der Waals surface area contributed by atoms with E-state index in [9.17, 15) is 19.7 Å². The lowest BCUT2D eigenvalue weighted by Crippen LogP contribution is -2.47. The van der Waals surface area contributed by atoms with Gasteiger partial charge in [0.05, 0.1) is 17.8 Å². The van der Waals surface area contributed by atoms with Crippen molar-refractivity contribution < 1.29 is 24.1 Å². The number of hydrogen-bond donors (Lipinski definition) is 0. The number of rotatable bonds is 3. The number of carbonyl (C=O) groups excluding carboxylic acids is 2. The summed E-state index contributed by atoms with van der Waals surface area (Å²) in [6.45, 7) is 0.271. The Hall–Kier alpha value is -3.43. The topological polar surface area (TPSA) is 115 Å². The number of aromatic nitrogens is 1. The summed E-state index contributed by atoms with van der Waals surface area (Å²) in [4.78, 5) is 44.4. The standard InChI is InChI=1S/C15H14N4O6/c20-14-1-2-15(21)25-19-12(10-18(22)23)17(8-5-13(19)24-14)9-11-3-6-16-7-4-11/h3-8,10,13H,1-2,9H2/b12-10-. The number of nitro groups is 1. The molecular formula is C15H14N4O6. The Kier molecular flexibility index (Phi) is 4.59. The highest BCUT2D eigenvalue weighted by Crippen LogP contribution is 2.27. The third kappa shape index (κ3) is 3.91. The van der Waals surface area contributed by atoms with E-state index in [4.69, 9.17) is 9.57 Å². The van der Waals surface area contributed by atoms with Crippen LogP contribution in [0.4, 0.5) is 0 Å². The van der Waals surface area contributed by atoms with Gasteiger partial charge in [-0.2, -0.15) is 0 Å². The highest BCUT2D eigenvalue weighted by atomic mass is 16.7. The summed E-state index contributed by atoms with van der Waals surface area (Å²) in [7, 11) is 0. The van der Waals surface area contributed by atoms with Crippen LogP contribution in [0.15, 0.2) is 48.8 Å². The average Bonchev–Trinajstić information content (AvgIpc) is 2.57. The van der Waals surface area contributed by atoms with Crippen molar-refractivity contribution in [1.29, 1.82) is 0 Å². The second-order valence-electron chi connectivity index (χ2n) is 5.27. The second kappa shape index (κ2) is 6.99. The molecule has 0 bridgehead atoms. The summed E-state index contributed by atoms with van der Waals surface area (Å²) in [5, 5.41) is 12.0. The molecule has 3 heterocycles. The van der Waals surface area contributed by atoms with E-state index in [-0.39, 0.29) is 25.2 Å². The number of pyridine rings is 1. The van der Waals surface area contributed by atoms with Crippen LogP contribution in [0, 0.1) is 10.1 Å². The van der Waals surface area contributed by atoms with E-state index in [0.717, 1.165) is 10.6 Å². The zero-order valence-corrected chi connectivity index (χ0v) is 13.0. The minimum absolute atomic E-state index is 0.0302. The van der Waals surface area contributed by atoms with Crippen molar-refractivity contribution in [2.75, 3.05) is 0 Å². The molecule has 1 unspecified atom stereocenters. The zero-order chi connectivity index (χ0) is 17.8. The lowest BCUT2D eigenvalue weighted by Gasteiger charge is -2.38. The molecule has 1 fully saturated rings. The third-order valence-electron chi connectivity index (χ3n) is 3.49. The molecule has 1 atom stereocenters. The van der Waals surface area contributed by atoms with Crippen LogP contribution in [-0.4, -0.2) is 38.0 Å².